The van der Waals surface area contributed by atoms with Crippen LogP contribution < -0.4 is 9.79 Å². The normalized spacial score (nSPS) is 18.7. The van der Waals surface area contributed by atoms with Gasteiger partial charge in [-0.25, -0.2) is 0 Å². The van der Waals surface area contributed by atoms with Crippen LogP contribution in [0.4, 0.5) is 0 Å². The van der Waals surface area contributed by atoms with Gasteiger partial charge in [0.05, 0.1) is 11.2 Å². The third-order valence-corrected chi connectivity index (χ3v) is 3.53. The Hall–Kier alpha value is -2.10. The van der Waals surface area contributed by atoms with Gasteiger partial charge in [-0.2, -0.15) is 0 Å². The number of aromatic nitrogens is 2. The van der Waals surface area contributed by atoms with Crippen molar-refractivity contribution in [1.29, 1.82) is 0 Å². The molecule has 1 unspecified atom stereocenters. The molecule has 0 aliphatic heterocycles. The van der Waals surface area contributed by atoms with E-state index in [9.17, 15) is 5.11 Å². The predicted molar refractivity (Wildman–Crippen MR) is 68.0 cm³/mol. The molecular formula is C15H16N2O2. The second-order valence-corrected chi connectivity index (χ2v) is 4.96. The summed E-state index contributed by atoms with van der Waals surface area (Å²) in [5, 5.41) is 15.8. The molecule has 2 aromatic rings. The van der Waals surface area contributed by atoms with E-state index >= 15 is 0 Å². The van der Waals surface area contributed by atoms with Gasteiger partial charge in [-0.1, -0.05) is 29.8 Å². The van der Waals surface area contributed by atoms with Gasteiger partial charge < -0.3 is 9.63 Å². The van der Waals surface area contributed by atoms with Crippen LogP contribution in [0.15, 0.2) is 40.9 Å². The maximum Gasteiger partial charge on any atom is 0.246 e. The van der Waals surface area contributed by atoms with E-state index in [1.54, 1.807) is 4.68 Å². The van der Waals surface area contributed by atoms with Gasteiger partial charge >= 0.3 is 0 Å². The average Bonchev–Trinajstić information content (AvgIpc) is 2.82. The van der Waals surface area contributed by atoms with E-state index in [-0.39, 0.29) is 11.9 Å². The Labute approximate surface area is 112 Å². The minimum absolute atomic E-state index is 0.105. The maximum atomic E-state index is 11.9. The molecule has 4 heteroatoms. The van der Waals surface area contributed by atoms with Crippen LogP contribution in [0.5, 0.6) is 5.95 Å². The lowest BCUT2D eigenvalue weighted by atomic mass is 9.93. The molecule has 0 bridgehead atoms. The van der Waals surface area contributed by atoms with E-state index in [4.69, 9.17) is 4.52 Å². The molecule has 0 radical (unpaired) electrons. The van der Waals surface area contributed by atoms with Crippen LogP contribution in [0.2, 0.25) is 0 Å². The quantitative estimate of drug-likeness (QED) is 0.611. The third-order valence-electron chi connectivity index (χ3n) is 3.53. The number of aryl methyl sites for hydroxylation is 1. The van der Waals surface area contributed by atoms with E-state index in [1.807, 2.05) is 31.2 Å². The number of nitrogens with zero attached hydrogens (tertiary/aromatic N) is 2. The standard InChI is InChI=1S/C15H16N2O2/c1-11-7-9-13(10-8-11)17-14(15(18)19-16-17)12-5-3-2-4-6-12/h3,5,7-10,12H,2,4,6H2,1H3. The van der Waals surface area contributed by atoms with Crippen molar-refractivity contribution in [1.82, 2.24) is 5.27 Å². The molecular weight excluding hydrogens is 240 g/mol. The Morgan fingerprint density at radius 1 is 1.32 bits per heavy atom. The molecule has 0 amide bonds. The Bertz CT molecular complexity index is 599. The summed E-state index contributed by atoms with van der Waals surface area (Å²) in [4.78, 5) is 0. The van der Waals surface area contributed by atoms with Gasteiger partial charge in [-0.3, -0.25) is 0 Å². The smallest absolute Gasteiger partial charge is 0.246 e. The lowest BCUT2D eigenvalue weighted by Crippen LogP contribution is -2.38. The average molecular weight is 256 g/mol. The summed E-state index contributed by atoms with van der Waals surface area (Å²) in [6.07, 6.45) is 7.36. The summed E-state index contributed by atoms with van der Waals surface area (Å²) in [7, 11) is 0. The second kappa shape index (κ2) is 4.88. The van der Waals surface area contributed by atoms with Crippen molar-refractivity contribution in [3.8, 4) is 11.6 Å². The van der Waals surface area contributed by atoms with Gasteiger partial charge in [-0.05, 0) is 30.9 Å². The van der Waals surface area contributed by atoms with Crippen LogP contribution in [0.25, 0.3) is 5.69 Å². The van der Waals surface area contributed by atoms with E-state index in [0.717, 1.165) is 24.9 Å². The number of allylic oxidation sites excluding steroid dienone is 2. The number of hydrogen-bond donors (Lipinski definition) is 0. The fraction of sp³-hybridized carbons (Fsp3) is 0.333. The predicted octanol–water partition coefficient (Wildman–Crippen LogP) is 2.16. The van der Waals surface area contributed by atoms with Crippen molar-refractivity contribution in [2.45, 2.75) is 32.1 Å². The maximum absolute atomic E-state index is 11.9. The Balaban J connectivity index is 2.05. The van der Waals surface area contributed by atoms with Gasteiger partial charge in [0.1, 0.15) is 0 Å². The summed E-state index contributed by atoms with van der Waals surface area (Å²) >= 11 is 0. The Kier molecular flexibility index (Phi) is 3.07. The summed E-state index contributed by atoms with van der Waals surface area (Å²) < 4.78 is 6.48. The topological polar surface area (TPSA) is 53.0 Å². The van der Waals surface area contributed by atoms with Gasteiger partial charge in [0.2, 0.25) is 11.4 Å². The summed E-state index contributed by atoms with van der Waals surface area (Å²) in [6, 6.07) is 7.91. The molecule has 4 nitrogen and oxygen atoms in total. The third kappa shape index (κ3) is 2.26. The van der Waals surface area contributed by atoms with Crippen LogP contribution in [0.1, 0.15) is 36.4 Å². The van der Waals surface area contributed by atoms with Crippen LogP contribution in [-0.2, 0) is 0 Å². The molecule has 0 saturated heterocycles. The molecule has 1 aromatic heterocycles. The van der Waals surface area contributed by atoms with Crippen molar-refractivity contribution in [2.75, 3.05) is 0 Å². The fourth-order valence-corrected chi connectivity index (χ4v) is 2.48. The molecule has 3 rings (SSSR count). The molecule has 0 spiro atoms. The molecule has 1 aliphatic carbocycles. The lowest BCUT2D eigenvalue weighted by Gasteiger charge is -2.12. The molecule has 1 aromatic carbocycles. The van der Waals surface area contributed by atoms with Crippen LogP contribution in [0.3, 0.4) is 0 Å². The van der Waals surface area contributed by atoms with Crippen LogP contribution in [0, 0.1) is 6.92 Å². The molecule has 0 fully saturated rings. The Morgan fingerprint density at radius 3 is 2.79 bits per heavy atom. The van der Waals surface area contributed by atoms with E-state index in [2.05, 4.69) is 17.4 Å². The second-order valence-electron chi connectivity index (χ2n) is 4.96. The highest BCUT2D eigenvalue weighted by Gasteiger charge is 2.28. The number of rotatable bonds is 2. The number of hydrogen-bond acceptors (Lipinski definition) is 3. The first-order valence-electron chi connectivity index (χ1n) is 6.58. The van der Waals surface area contributed by atoms with Crippen LogP contribution in [-0.4, -0.2) is 5.27 Å². The van der Waals surface area contributed by atoms with Crippen molar-refractivity contribution in [3.05, 3.63) is 47.7 Å². The van der Waals surface area contributed by atoms with E-state index < -0.39 is 0 Å². The minimum Gasteiger partial charge on any atom is -0.539 e. The zero-order chi connectivity index (χ0) is 13.2. The highest BCUT2D eigenvalue weighted by atomic mass is 16.6. The van der Waals surface area contributed by atoms with Crippen molar-refractivity contribution in [2.24, 2.45) is 0 Å². The van der Waals surface area contributed by atoms with Crippen molar-refractivity contribution < 1.29 is 14.3 Å². The zero-order valence-electron chi connectivity index (χ0n) is 10.9. The SMILES string of the molecule is Cc1ccc(-[n+]2noc([O-])c2C2C=CCCC2)cc1. The molecule has 1 aliphatic rings. The highest BCUT2D eigenvalue weighted by molar-refractivity contribution is 5.28. The van der Waals surface area contributed by atoms with Gasteiger partial charge in [0, 0.05) is 12.1 Å². The molecule has 0 N–H and O–H groups in total. The van der Waals surface area contributed by atoms with Crippen molar-refractivity contribution >= 4 is 0 Å². The lowest BCUT2D eigenvalue weighted by molar-refractivity contribution is -0.678. The van der Waals surface area contributed by atoms with Gasteiger partial charge in [-0.15, -0.1) is 0 Å². The first-order valence-corrected chi connectivity index (χ1v) is 6.58. The first-order chi connectivity index (χ1) is 9.25. The largest absolute Gasteiger partial charge is 0.539 e. The summed E-state index contributed by atoms with van der Waals surface area (Å²) in [5.74, 6) is -0.231. The van der Waals surface area contributed by atoms with Gasteiger partial charge in [0.25, 0.3) is 0 Å². The number of benzene rings is 1. The van der Waals surface area contributed by atoms with Crippen LogP contribution >= 0.6 is 0 Å². The van der Waals surface area contributed by atoms with E-state index in [0.29, 0.717) is 5.69 Å². The molecule has 98 valence electrons. The van der Waals surface area contributed by atoms with Gasteiger partial charge in [0.15, 0.2) is 5.95 Å². The zero-order valence-corrected chi connectivity index (χ0v) is 10.9. The molecule has 1 heterocycles. The highest BCUT2D eigenvalue weighted by Crippen LogP contribution is 2.30. The molecule has 19 heavy (non-hydrogen) atoms. The summed E-state index contributed by atoms with van der Waals surface area (Å²) in [5.41, 5.74) is 2.67. The molecule has 0 saturated carbocycles. The molecule has 1 atom stereocenters. The van der Waals surface area contributed by atoms with Crippen molar-refractivity contribution in [3.63, 3.8) is 0 Å². The fourth-order valence-electron chi connectivity index (χ4n) is 2.48. The Morgan fingerprint density at radius 2 is 2.11 bits per heavy atom. The van der Waals surface area contributed by atoms with E-state index in [1.165, 1.54) is 5.56 Å². The monoisotopic (exact) mass is 256 g/mol. The first kappa shape index (κ1) is 12.0. The summed E-state index contributed by atoms with van der Waals surface area (Å²) in [6.45, 7) is 2.03. The minimum atomic E-state index is -0.336.